The van der Waals surface area contributed by atoms with Gasteiger partial charge in [-0.3, -0.25) is 4.79 Å². The molecule has 0 aliphatic rings. The second kappa shape index (κ2) is 7.45. The summed E-state index contributed by atoms with van der Waals surface area (Å²) in [5.74, 6) is 0.617. The quantitative estimate of drug-likeness (QED) is 0.549. The zero-order valence-corrected chi connectivity index (χ0v) is 15.0. The molecular formula is C21H20N4O2. The van der Waals surface area contributed by atoms with Crippen molar-refractivity contribution in [3.8, 4) is 0 Å². The van der Waals surface area contributed by atoms with Gasteiger partial charge in [0.15, 0.2) is 0 Å². The summed E-state index contributed by atoms with van der Waals surface area (Å²) >= 11 is 0. The fourth-order valence-electron chi connectivity index (χ4n) is 3.22. The van der Waals surface area contributed by atoms with Crippen LogP contribution in [0.15, 0.2) is 65.2 Å². The molecule has 136 valence electrons. The minimum absolute atomic E-state index is 0.0648. The highest BCUT2D eigenvalue weighted by Gasteiger charge is 2.23. The summed E-state index contributed by atoms with van der Waals surface area (Å²) in [6.07, 6.45) is 2.18. The molecule has 2 heterocycles. The number of H-pyrrole nitrogens is 1. The van der Waals surface area contributed by atoms with Crippen molar-refractivity contribution in [2.75, 3.05) is 0 Å². The first-order chi connectivity index (χ1) is 13.2. The Morgan fingerprint density at radius 3 is 2.67 bits per heavy atom. The van der Waals surface area contributed by atoms with E-state index < -0.39 is 0 Å². The van der Waals surface area contributed by atoms with Crippen molar-refractivity contribution in [2.24, 2.45) is 0 Å². The lowest BCUT2D eigenvalue weighted by atomic mass is 9.95. The van der Waals surface area contributed by atoms with Crippen molar-refractivity contribution in [3.05, 3.63) is 83.7 Å². The number of nitrogens with one attached hydrogen (secondary N) is 2. The molecule has 4 aromatic rings. The van der Waals surface area contributed by atoms with Crippen LogP contribution in [0.1, 0.15) is 35.2 Å². The Morgan fingerprint density at radius 1 is 1.11 bits per heavy atom. The maximum atomic E-state index is 12.6. The molecule has 0 bridgehead atoms. The highest BCUT2D eigenvalue weighted by atomic mass is 16.4. The highest BCUT2D eigenvalue weighted by Crippen LogP contribution is 2.27. The molecule has 0 radical (unpaired) electrons. The number of aromatic amines is 1. The number of amides is 1. The number of carbonyl (C=O) groups excluding carboxylic acids is 1. The number of hydrogen-bond acceptors (Lipinski definition) is 4. The van der Waals surface area contributed by atoms with E-state index in [0.29, 0.717) is 18.3 Å². The number of aromatic nitrogens is 3. The number of benzene rings is 2. The molecule has 0 fully saturated rings. The van der Waals surface area contributed by atoms with Gasteiger partial charge in [0, 0.05) is 37.0 Å². The fourth-order valence-corrected chi connectivity index (χ4v) is 3.22. The SMILES string of the molecule is Cc1nnc(C(CC(=O)NCc2c[nH]c3ccccc23)c2ccccc2)o1. The molecule has 27 heavy (non-hydrogen) atoms. The third-order valence-electron chi connectivity index (χ3n) is 4.58. The van der Waals surface area contributed by atoms with E-state index in [4.69, 9.17) is 4.42 Å². The predicted octanol–water partition coefficient (Wildman–Crippen LogP) is 3.70. The van der Waals surface area contributed by atoms with Gasteiger partial charge in [0.1, 0.15) is 0 Å². The van der Waals surface area contributed by atoms with Gasteiger partial charge in [0.05, 0.1) is 5.92 Å². The first-order valence-electron chi connectivity index (χ1n) is 8.87. The third kappa shape index (κ3) is 3.74. The van der Waals surface area contributed by atoms with E-state index in [1.54, 1.807) is 6.92 Å². The number of aryl methyl sites for hydroxylation is 1. The van der Waals surface area contributed by atoms with E-state index in [2.05, 4.69) is 20.5 Å². The first kappa shape index (κ1) is 17.0. The number of nitrogens with zero attached hydrogens (tertiary/aromatic N) is 2. The van der Waals surface area contributed by atoms with E-state index in [1.807, 2.05) is 60.8 Å². The van der Waals surface area contributed by atoms with E-state index in [0.717, 1.165) is 22.0 Å². The molecule has 2 aromatic carbocycles. The molecule has 0 aliphatic carbocycles. The van der Waals surface area contributed by atoms with E-state index >= 15 is 0 Å². The third-order valence-corrected chi connectivity index (χ3v) is 4.58. The van der Waals surface area contributed by atoms with Crippen LogP contribution in [-0.4, -0.2) is 21.1 Å². The summed E-state index contributed by atoms with van der Waals surface area (Å²) in [6.45, 7) is 2.21. The molecule has 0 saturated heterocycles. The Hall–Kier alpha value is -3.41. The lowest BCUT2D eigenvalue weighted by molar-refractivity contribution is -0.121. The minimum Gasteiger partial charge on any atom is -0.425 e. The van der Waals surface area contributed by atoms with Crippen LogP contribution in [0, 0.1) is 6.92 Å². The van der Waals surface area contributed by atoms with Crippen LogP contribution < -0.4 is 5.32 Å². The van der Waals surface area contributed by atoms with Gasteiger partial charge in [-0.1, -0.05) is 48.5 Å². The maximum absolute atomic E-state index is 12.6. The summed E-state index contributed by atoms with van der Waals surface area (Å²) in [7, 11) is 0. The largest absolute Gasteiger partial charge is 0.425 e. The molecule has 4 rings (SSSR count). The van der Waals surface area contributed by atoms with Gasteiger partial charge >= 0.3 is 0 Å². The smallest absolute Gasteiger partial charge is 0.224 e. The Bertz CT molecular complexity index is 1050. The molecular weight excluding hydrogens is 340 g/mol. The van der Waals surface area contributed by atoms with Crippen molar-refractivity contribution in [1.29, 1.82) is 0 Å². The average Bonchev–Trinajstić information content (AvgIpc) is 3.31. The topological polar surface area (TPSA) is 83.8 Å². The molecule has 6 heteroatoms. The molecule has 0 saturated carbocycles. The zero-order valence-electron chi connectivity index (χ0n) is 15.0. The fraction of sp³-hybridized carbons (Fsp3) is 0.190. The van der Waals surface area contributed by atoms with Crippen LogP contribution in [0.25, 0.3) is 10.9 Å². The Balaban J connectivity index is 1.48. The second-order valence-corrected chi connectivity index (χ2v) is 6.46. The van der Waals surface area contributed by atoms with E-state index in [-0.39, 0.29) is 18.2 Å². The number of hydrogen-bond donors (Lipinski definition) is 2. The van der Waals surface area contributed by atoms with Crippen LogP contribution in [0.3, 0.4) is 0 Å². The average molecular weight is 360 g/mol. The van der Waals surface area contributed by atoms with E-state index in [9.17, 15) is 4.79 Å². The van der Waals surface area contributed by atoms with Gasteiger partial charge in [0.25, 0.3) is 0 Å². The van der Waals surface area contributed by atoms with Crippen LogP contribution in [0.2, 0.25) is 0 Å². The summed E-state index contributed by atoms with van der Waals surface area (Å²) in [4.78, 5) is 15.8. The van der Waals surface area contributed by atoms with Crippen molar-refractivity contribution in [1.82, 2.24) is 20.5 Å². The summed E-state index contributed by atoms with van der Waals surface area (Å²) in [5.41, 5.74) is 3.09. The molecule has 2 N–H and O–H groups in total. The summed E-state index contributed by atoms with van der Waals surface area (Å²) in [5, 5.41) is 12.2. The number of rotatable bonds is 6. The lowest BCUT2D eigenvalue weighted by Crippen LogP contribution is -2.25. The van der Waals surface area contributed by atoms with Gasteiger partial charge < -0.3 is 14.7 Å². The number of para-hydroxylation sites is 1. The van der Waals surface area contributed by atoms with Gasteiger partial charge in [-0.15, -0.1) is 10.2 Å². The normalized spacial score (nSPS) is 12.2. The predicted molar refractivity (Wildman–Crippen MR) is 102 cm³/mol. The molecule has 0 spiro atoms. The van der Waals surface area contributed by atoms with Crippen LogP contribution in [0.4, 0.5) is 0 Å². The number of fused-ring (bicyclic) bond motifs is 1. The van der Waals surface area contributed by atoms with Gasteiger partial charge in [-0.05, 0) is 17.2 Å². The molecule has 1 amide bonds. The number of carbonyl (C=O) groups is 1. The van der Waals surface area contributed by atoms with Crippen molar-refractivity contribution in [2.45, 2.75) is 25.8 Å². The second-order valence-electron chi connectivity index (χ2n) is 6.46. The Labute approximate surface area is 156 Å². The van der Waals surface area contributed by atoms with Crippen molar-refractivity contribution < 1.29 is 9.21 Å². The van der Waals surface area contributed by atoms with Gasteiger partial charge in [0.2, 0.25) is 17.7 Å². The molecule has 2 aromatic heterocycles. The van der Waals surface area contributed by atoms with Crippen molar-refractivity contribution in [3.63, 3.8) is 0 Å². The lowest BCUT2D eigenvalue weighted by Gasteiger charge is -2.13. The van der Waals surface area contributed by atoms with Crippen LogP contribution in [0.5, 0.6) is 0 Å². The summed E-state index contributed by atoms with van der Waals surface area (Å²) < 4.78 is 5.60. The maximum Gasteiger partial charge on any atom is 0.224 e. The zero-order chi connectivity index (χ0) is 18.6. The Morgan fingerprint density at radius 2 is 1.89 bits per heavy atom. The van der Waals surface area contributed by atoms with Crippen LogP contribution in [-0.2, 0) is 11.3 Å². The first-order valence-corrected chi connectivity index (χ1v) is 8.87. The van der Waals surface area contributed by atoms with Gasteiger partial charge in [-0.2, -0.15) is 0 Å². The monoisotopic (exact) mass is 360 g/mol. The Kier molecular flexibility index (Phi) is 4.70. The molecule has 0 aliphatic heterocycles. The van der Waals surface area contributed by atoms with Crippen molar-refractivity contribution >= 4 is 16.8 Å². The van der Waals surface area contributed by atoms with Gasteiger partial charge in [-0.25, -0.2) is 0 Å². The van der Waals surface area contributed by atoms with Crippen LogP contribution >= 0.6 is 0 Å². The summed E-state index contributed by atoms with van der Waals surface area (Å²) in [6, 6.07) is 17.8. The molecule has 6 nitrogen and oxygen atoms in total. The standard InChI is InChI=1S/C21H20N4O2/c1-14-24-25-21(27-14)18(15-7-3-2-4-8-15)11-20(26)23-13-16-12-22-19-10-6-5-9-17(16)19/h2-10,12,18,22H,11,13H2,1H3,(H,23,26). The molecule has 1 unspecified atom stereocenters. The minimum atomic E-state index is -0.268. The highest BCUT2D eigenvalue weighted by molar-refractivity contribution is 5.84. The van der Waals surface area contributed by atoms with E-state index in [1.165, 1.54) is 0 Å². The molecule has 1 atom stereocenters.